The summed E-state index contributed by atoms with van der Waals surface area (Å²) in [6.07, 6.45) is 0.860. The fraction of sp³-hybridized carbons (Fsp3) is 0.909. The predicted molar refractivity (Wildman–Crippen MR) is 64.8 cm³/mol. The van der Waals surface area contributed by atoms with E-state index < -0.39 is 0 Å². The van der Waals surface area contributed by atoms with Crippen LogP contribution in [0.4, 0.5) is 0 Å². The number of hydrogen-bond donors (Lipinski definition) is 1. The Balaban J connectivity index is 0.00000128. The topological polar surface area (TPSA) is 41.6 Å². The molecular formula is C11H21ClN2O2. The monoisotopic (exact) mass is 248 g/mol. The van der Waals surface area contributed by atoms with E-state index in [1.807, 2.05) is 4.90 Å². The zero-order valence-corrected chi connectivity index (χ0v) is 10.8. The third-order valence-corrected chi connectivity index (χ3v) is 3.63. The lowest BCUT2D eigenvalue weighted by molar-refractivity contribution is -0.146. The fourth-order valence-electron chi connectivity index (χ4n) is 2.31. The Morgan fingerprint density at radius 1 is 1.44 bits per heavy atom. The number of carbonyl (C=O) groups is 1. The van der Waals surface area contributed by atoms with Crippen molar-refractivity contribution in [3.8, 4) is 0 Å². The molecule has 0 aliphatic carbocycles. The highest BCUT2D eigenvalue weighted by Crippen LogP contribution is 2.24. The summed E-state index contributed by atoms with van der Waals surface area (Å²) in [6, 6.07) is 0.364. The number of likely N-dealkylation sites (tertiary alicyclic amines) is 1. The van der Waals surface area contributed by atoms with E-state index in [0.717, 1.165) is 19.5 Å². The number of morpholine rings is 1. The number of nitrogens with zero attached hydrogens (tertiary/aromatic N) is 1. The summed E-state index contributed by atoms with van der Waals surface area (Å²) in [5, 5.41) is 3.19. The Labute approximate surface area is 103 Å². The maximum Gasteiger partial charge on any atom is 0.253 e. The highest BCUT2D eigenvalue weighted by molar-refractivity contribution is 5.85. The standard InChI is InChI=1S/C11H20N2O2.ClH/c1-8-3-5-13(9(8)2)11(14)10-7-12-4-6-15-10;/h8-10,12H,3-7H2,1-2H3;1H/t8?,9?,10-;/m0./s1. The molecule has 1 amide bonds. The molecule has 3 atom stereocenters. The first-order valence-electron chi connectivity index (χ1n) is 5.83. The minimum Gasteiger partial charge on any atom is -0.366 e. The van der Waals surface area contributed by atoms with Crippen molar-refractivity contribution >= 4 is 18.3 Å². The number of rotatable bonds is 1. The summed E-state index contributed by atoms with van der Waals surface area (Å²) in [4.78, 5) is 14.1. The fourth-order valence-corrected chi connectivity index (χ4v) is 2.31. The summed E-state index contributed by atoms with van der Waals surface area (Å²) in [7, 11) is 0. The van der Waals surface area contributed by atoms with Gasteiger partial charge in [-0.1, -0.05) is 6.92 Å². The van der Waals surface area contributed by atoms with E-state index in [0.29, 0.717) is 25.1 Å². The molecule has 2 unspecified atom stereocenters. The van der Waals surface area contributed by atoms with E-state index in [9.17, 15) is 4.79 Å². The van der Waals surface area contributed by atoms with Crippen LogP contribution in [0, 0.1) is 5.92 Å². The van der Waals surface area contributed by atoms with Crippen LogP contribution < -0.4 is 5.32 Å². The van der Waals surface area contributed by atoms with Crippen molar-refractivity contribution in [1.29, 1.82) is 0 Å². The highest BCUT2D eigenvalue weighted by atomic mass is 35.5. The van der Waals surface area contributed by atoms with Crippen molar-refractivity contribution in [2.24, 2.45) is 5.92 Å². The molecule has 2 rings (SSSR count). The molecule has 2 heterocycles. The van der Waals surface area contributed by atoms with Gasteiger partial charge in [0, 0.05) is 25.7 Å². The molecule has 1 N–H and O–H groups in total. The van der Waals surface area contributed by atoms with Gasteiger partial charge in [0.15, 0.2) is 0 Å². The van der Waals surface area contributed by atoms with Crippen LogP contribution in [0.25, 0.3) is 0 Å². The zero-order valence-electron chi connectivity index (χ0n) is 9.94. The highest BCUT2D eigenvalue weighted by Gasteiger charge is 2.35. The normalized spacial score (nSPS) is 34.6. The van der Waals surface area contributed by atoms with Gasteiger partial charge in [0.05, 0.1) is 6.61 Å². The molecule has 16 heavy (non-hydrogen) atoms. The van der Waals surface area contributed by atoms with Crippen LogP contribution >= 0.6 is 12.4 Å². The molecule has 2 aliphatic rings. The number of hydrogen-bond acceptors (Lipinski definition) is 3. The average Bonchev–Trinajstić information content (AvgIpc) is 2.60. The maximum absolute atomic E-state index is 12.1. The number of nitrogens with one attached hydrogen (secondary N) is 1. The van der Waals surface area contributed by atoms with Gasteiger partial charge in [-0.3, -0.25) is 4.79 Å². The molecule has 94 valence electrons. The van der Waals surface area contributed by atoms with E-state index in [-0.39, 0.29) is 24.4 Å². The van der Waals surface area contributed by atoms with Crippen LogP contribution in [-0.4, -0.2) is 49.2 Å². The van der Waals surface area contributed by atoms with Gasteiger partial charge in [-0.05, 0) is 19.3 Å². The van der Waals surface area contributed by atoms with E-state index in [2.05, 4.69) is 19.2 Å². The van der Waals surface area contributed by atoms with Gasteiger partial charge in [0.2, 0.25) is 0 Å². The lowest BCUT2D eigenvalue weighted by atomic mass is 10.1. The van der Waals surface area contributed by atoms with Gasteiger partial charge in [-0.25, -0.2) is 0 Å². The van der Waals surface area contributed by atoms with E-state index in [1.165, 1.54) is 0 Å². The SMILES string of the molecule is CC1CCN(C(=O)[C@@H]2CNCCO2)C1C.Cl. The second kappa shape index (κ2) is 5.84. The van der Waals surface area contributed by atoms with E-state index in [1.54, 1.807) is 0 Å². The van der Waals surface area contributed by atoms with Crippen LogP contribution in [0.5, 0.6) is 0 Å². The third kappa shape index (κ3) is 2.67. The number of halogens is 1. The Bertz CT molecular complexity index is 244. The van der Waals surface area contributed by atoms with Crippen molar-refractivity contribution in [2.45, 2.75) is 32.4 Å². The van der Waals surface area contributed by atoms with Gasteiger partial charge < -0.3 is 15.0 Å². The van der Waals surface area contributed by atoms with Gasteiger partial charge in [0.1, 0.15) is 6.10 Å². The smallest absolute Gasteiger partial charge is 0.253 e. The average molecular weight is 249 g/mol. The van der Waals surface area contributed by atoms with E-state index >= 15 is 0 Å². The number of ether oxygens (including phenoxy) is 1. The number of carbonyl (C=O) groups excluding carboxylic acids is 1. The molecule has 2 aliphatic heterocycles. The summed E-state index contributed by atoms with van der Waals surface area (Å²) in [5.74, 6) is 0.782. The summed E-state index contributed by atoms with van der Waals surface area (Å²) < 4.78 is 5.48. The van der Waals surface area contributed by atoms with Crippen LogP contribution in [0.2, 0.25) is 0 Å². The summed E-state index contributed by atoms with van der Waals surface area (Å²) in [6.45, 7) is 7.39. The molecule has 0 aromatic carbocycles. The predicted octanol–water partition coefficient (Wildman–Crippen LogP) is 0.653. The van der Waals surface area contributed by atoms with Crippen molar-refractivity contribution in [1.82, 2.24) is 10.2 Å². The lowest BCUT2D eigenvalue weighted by Crippen LogP contribution is -2.50. The second-order valence-corrected chi connectivity index (χ2v) is 4.60. The molecule has 0 saturated carbocycles. The molecule has 0 aromatic heterocycles. The van der Waals surface area contributed by atoms with Crippen LogP contribution in [0.15, 0.2) is 0 Å². The maximum atomic E-state index is 12.1. The third-order valence-electron chi connectivity index (χ3n) is 3.63. The second-order valence-electron chi connectivity index (χ2n) is 4.60. The lowest BCUT2D eigenvalue weighted by Gasteiger charge is -2.30. The molecule has 0 aromatic rings. The first-order valence-corrected chi connectivity index (χ1v) is 5.83. The molecular weight excluding hydrogens is 228 g/mol. The first-order chi connectivity index (χ1) is 7.20. The van der Waals surface area contributed by atoms with Crippen LogP contribution in [-0.2, 0) is 9.53 Å². The quantitative estimate of drug-likeness (QED) is 0.741. The van der Waals surface area contributed by atoms with Crippen molar-refractivity contribution < 1.29 is 9.53 Å². The zero-order chi connectivity index (χ0) is 10.8. The molecule has 4 nitrogen and oxygen atoms in total. The molecule has 0 bridgehead atoms. The van der Waals surface area contributed by atoms with Crippen molar-refractivity contribution in [3.05, 3.63) is 0 Å². The first kappa shape index (κ1) is 13.7. The van der Waals surface area contributed by atoms with Gasteiger partial charge in [0.25, 0.3) is 5.91 Å². The van der Waals surface area contributed by atoms with Gasteiger partial charge in [-0.15, -0.1) is 12.4 Å². The Hall–Kier alpha value is -0.320. The van der Waals surface area contributed by atoms with Gasteiger partial charge in [-0.2, -0.15) is 0 Å². The number of amides is 1. The van der Waals surface area contributed by atoms with Gasteiger partial charge >= 0.3 is 0 Å². The molecule has 5 heteroatoms. The molecule has 2 fully saturated rings. The molecule has 2 saturated heterocycles. The van der Waals surface area contributed by atoms with Crippen LogP contribution in [0.1, 0.15) is 20.3 Å². The van der Waals surface area contributed by atoms with Crippen molar-refractivity contribution in [2.75, 3.05) is 26.2 Å². The minimum absolute atomic E-state index is 0. The Kier molecular flexibility index (Phi) is 5.02. The van der Waals surface area contributed by atoms with Crippen molar-refractivity contribution in [3.63, 3.8) is 0 Å². The van der Waals surface area contributed by atoms with Crippen LogP contribution in [0.3, 0.4) is 0 Å². The molecule has 0 spiro atoms. The summed E-state index contributed by atoms with van der Waals surface area (Å²) >= 11 is 0. The summed E-state index contributed by atoms with van der Waals surface area (Å²) in [5.41, 5.74) is 0. The van der Waals surface area contributed by atoms with E-state index in [4.69, 9.17) is 4.74 Å². The Morgan fingerprint density at radius 3 is 2.69 bits per heavy atom. The molecule has 0 radical (unpaired) electrons. The minimum atomic E-state index is -0.258. The Morgan fingerprint density at radius 2 is 2.19 bits per heavy atom. The largest absolute Gasteiger partial charge is 0.366 e.